The van der Waals surface area contributed by atoms with Crippen LogP contribution in [0, 0.1) is 0 Å². The van der Waals surface area contributed by atoms with Crippen LogP contribution >= 0.6 is 24.0 Å². The molecule has 0 bridgehead atoms. The molecule has 1 aliphatic rings. The third-order valence-electron chi connectivity index (χ3n) is 4.76. The molecule has 3 aromatic rings. The number of ether oxygens (including phenoxy) is 2. The highest BCUT2D eigenvalue weighted by Gasteiger charge is 2.31. The molecule has 2 heterocycles. The summed E-state index contributed by atoms with van der Waals surface area (Å²) >= 11 is 6.77. The normalized spacial score (nSPS) is 15.3. The summed E-state index contributed by atoms with van der Waals surface area (Å²) in [6, 6.07) is 11.5. The molecule has 2 aromatic carbocycles. The van der Waals surface area contributed by atoms with Gasteiger partial charge in [-0.05, 0) is 36.3 Å². The van der Waals surface area contributed by atoms with Crippen LogP contribution in [0.1, 0.15) is 11.1 Å². The van der Waals surface area contributed by atoms with E-state index in [0.717, 1.165) is 22.2 Å². The Morgan fingerprint density at radius 2 is 1.90 bits per heavy atom. The van der Waals surface area contributed by atoms with E-state index in [-0.39, 0.29) is 5.91 Å². The molecule has 0 saturated carbocycles. The van der Waals surface area contributed by atoms with Crippen molar-refractivity contribution in [3.8, 4) is 11.5 Å². The molecule has 1 aliphatic heterocycles. The van der Waals surface area contributed by atoms with E-state index in [0.29, 0.717) is 33.7 Å². The summed E-state index contributed by atoms with van der Waals surface area (Å²) in [6.07, 6.45) is 5.79. The minimum absolute atomic E-state index is 0.0913. The molecule has 152 valence electrons. The molecule has 4 rings (SSSR count). The number of hydrogen-bond donors (Lipinski definition) is 0. The number of hydrogen-bond acceptors (Lipinski definition) is 7. The van der Waals surface area contributed by atoms with E-state index in [4.69, 9.17) is 21.7 Å². The van der Waals surface area contributed by atoms with E-state index in [2.05, 4.69) is 9.97 Å². The van der Waals surface area contributed by atoms with Crippen LogP contribution in [-0.4, -0.2) is 45.9 Å². The van der Waals surface area contributed by atoms with Gasteiger partial charge in [-0.3, -0.25) is 19.7 Å². The Labute approximate surface area is 183 Å². The van der Waals surface area contributed by atoms with Crippen molar-refractivity contribution < 1.29 is 14.3 Å². The number of carbonyl (C=O) groups is 1. The summed E-state index contributed by atoms with van der Waals surface area (Å²) in [5.41, 5.74) is 3.43. The van der Waals surface area contributed by atoms with Gasteiger partial charge in [-0.25, -0.2) is 0 Å². The van der Waals surface area contributed by atoms with Gasteiger partial charge >= 0.3 is 0 Å². The molecule has 1 aromatic heterocycles. The molecule has 0 aliphatic carbocycles. The Kier molecular flexibility index (Phi) is 5.96. The van der Waals surface area contributed by atoms with E-state index in [9.17, 15) is 4.79 Å². The predicted molar refractivity (Wildman–Crippen MR) is 123 cm³/mol. The largest absolute Gasteiger partial charge is 0.493 e. The number of carbonyl (C=O) groups excluding carboxylic acids is 1. The standard InChI is InChI=1S/C22H19N3O3S2/c1-27-17-7-6-14(12-18(17)28-2)8-11-25-21(26)19(30-22(25)29)13-15-4-3-5-16-20(15)24-10-9-23-16/h3-7,9-10,12-13H,8,11H2,1-2H3/b19-13-. The van der Waals surface area contributed by atoms with Crippen molar-refractivity contribution in [1.29, 1.82) is 0 Å². The Bertz CT molecular complexity index is 1160. The zero-order valence-corrected chi connectivity index (χ0v) is 18.1. The fraction of sp³-hybridized carbons (Fsp3) is 0.182. The first-order chi connectivity index (χ1) is 14.6. The average Bonchev–Trinajstić information content (AvgIpc) is 3.04. The van der Waals surface area contributed by atoms with Crippen molar-refractivity contribution in [1.82, 2.24) is 14.9 Å². The number of thioether (sulfide) groups is 1. The van der Waals surface area contributed by atoms with E-state index in [1.54, 1.807) is 31.5 Å². The van der Waals surface area contributed by atoms with Gasteiger partial charge in [0.2, 0.25) is 0 Å². The number of nitrogens with zero attached hydrogens (tertiary/aromatic N) is 3. The topological polar surface area (TPSA) is 64.5 Å². The highest BCUT2D eigenvalue weighted by Crippen LogP contribution is 2.34. The smallest absolute Gasteiger partial charge is 0.266 e. The maximum Gasteiger partial charge on any atom is 0.266 e. The van der Waals surface area contributed by atoms with E-state index < -0.39 is 0 Å². The van der Waals surface area contributed by atoms with Crippen LogP contribution in [-0.2, 0) is 11.2 Å². The lowest BCUT2D eigenvalue weighted by molar-refractivity contribution is -0.122. The van der Waals surface area contributed by atoms with Gasteiger partial charge in [0, 0.05) is 24.5 Å². The lowest BCUT2D eigenvalue weighted by Gasteiger charge is -2.15. The number of fused-ring (bicyclic) bond motifs is 1. The van der Waals surface area contributed by atoms with Crippen molar-refractivity contribution >= 4 is 51.3 Å². The fourth-order valence-corrected chi connectivity index (χ4v) is 4.54. The first-order valence-electron chi connectivity index (χ1n) is 9.26. The Balaban J connectivity index is 1.52. The number of methoxy groups -OCH3 is 2. The van der Waals surface area contributed by atoms with Crippen LogP contribution in [0.25, 0.3) is 17.1 Å². The van der Waals surface area contributed by atoms with Crippen LogP contribution in [0.15, 0.2) is 53.7 Å². The molecule has 1 saturated heterocycles. The van der Waals surface area contributed by atoms with Crippen molar-refractivity contribution in [2.75, 3.05) is 20.8 Å². The van der Waals surface area contributed by atoms with Crippen molar-refractivity contribution in [2.24, 2.45) is 0 Å². The number of para-hydroxylation sites is 1. The second-order valence-corrected chi connectivity index (χ2v) is 8.22. The zero-order chi connectivity index (χ0) is 21.1. The molecule has 0 atom stereocenters. The lowest BCUT2D eigenvalue weighted by Crippen LogP contribution is -2.30. The van der Waals surface area contributed by atoms with E-state index in [1.807, 2.05) is 42.5 Å². The minimum atomic E-state index is -0.0913. The second-order valence-electron chi connectivity index (χ2n) is 6.54. The highest BCUT2D eigenvalue weighted by atomic mass is 32.2. The van der Waals surface area contributed by atoms with Gasteiger partial charge < -0.3 is 9.47 Å². The molecule has 0 unspecified atom stereocenters. The first-order valence-corrected chi connectivity index (χ1v) is 10.5. The molecular formula is C22H19N3O3S2. The first kappa shape index (κ1) is 20.3. The van der Waals surface area contributed by atoms with Gasteiger partial charge in [0.05, 0.1) is 30.2 Å². The summed E-state index contributed by atoms with van der Waals surface area (Å²) in [5, 5.41) is 0. The van der Waals surface area contributed by atoms with Gasteiger partial charge in [0.25, 0.3) is 5.91 Å². The molecule has 0 N–H and O–H groups in total. The number of rotatable bonds is 6. The van der Waals surface area contributed by atoms with Crippen LogP contribution in [0.5, 0.6) is 11.5 Å². The van der Waals surface area contributed by atoms with Crippen molar-refractivity contribution in [3.05, 3.63) is 64.8 Å². The maximum atomic E-state index is 13.0. The molecule has 8 heteroatoms. The van der Waals surface area contributed by atoms with Gasteiger partial charge in [-0.1, -0.05) is 42.2 Å². The maximum absolute atomic E-state index is 13.0. The molecule has 1 amide bonds. The van der Waals surface area contributed by atoms with E-state index in [1.165, 1.54) is 11.8 Å². The van der Waals surface area contributed by atoms with Gasteiger partial charge in [-0.15, -0.1) is 0 Å². The predicted octanol–water partition coefficient (Wildman–Crippen LogP) is 4.09. The molecular weight excluding hydrogens is 418 g/mol. The third-order valence-corrected chi connectivity index (χ3v) is 6.14. The van der Waals surface area contributed by atoms with Crippen molar-refractivity contribution in [2.45, 2.75) is 6.42 Å². The number of benzene rings is 2. The Morgan fingerprint density at radius 3 is 2.70 bits per heavy atom. The molecule has 30 heavy (non-hydrogen) atoms. The van der Waals surface area contributed by atoms with Crippen LogP contribution in [0.2, 0.25) is 0 Å². The average molecular weight is 438 g/mol. The van der Waals surface area contributed by atoms with Crippen LogP contribution in [0.4, 0.5) is 0 Å². The quantitative estimate of drug-likeness (QED) is 0.425. The Hall–Kier alpha value is -2.97. The molecule has 6 nitrogen and oxygen atoms in total. The van der Waals surface area contributed by atoms with Crippen molar-refractivity contribution in [3.63, 3.8) is 0 Å². The zero-order valence-electron chi connectivity index (χ0n) is 16.5. The molecule has 1 fully saturated rings. The summed E-state index contributed by atoms with van der Waals surface area (Å²) < 4.78 is 11.2. The Morgan fingerprint density at radius 1 is 1.10 bits per heavy atom. The SMILES string of the molecule is COc1ccc(CCN2C(=O)/C(=C/c3cccc4nccnc34)SC2=S)cc1OC. The third kappa shape index (κ3) is 4.01. The summed E-state index contributed by atoms with van der Waals surface area (Å²) in [7, 11) is 3.21. The fourth-order valence-electron chi connectivity index (χ4n) is 3.24. The number of aromatic nitrogens is 2. The summed E-state index contributed by atoms with van der Waals surface area (Å²) in [6.45, 7) is 0.493. The van der Waals surface area contributed by atoms with Gasteiger partial charge in [-0.2, -0.15) is 0 Å². The lowest BCUT2D eigenvalue weighted by atomic mass is 10.1. The number of thiocarbonyl (C=S) groups is 1. The van der Waals surface area contributed by atoms with Crippen LogP contribution < -0.4 is 9.47 Å². The second kappa shape index (κ2) is 8.81. The monoisotopic (exact) mass is 437 g/mol. The van der Waals surface area contributed by atoms with E-state index >= 15 is 0 Å². The highest BCUT2D eigenvalue weighted by molar-refractivity contribution is 8.26. The molecule has 0 radical (unpaired) electrons. The minimum Gasteiger partial charge on any atom is -0.493 e. The summed E-state index contributed by atoms with van der Waals surface area (Å²) in [4.78, 5) is 23.9. The van der Waals surface area contributed by atoms with Gasteiger partial charge in [0.15, 0.2) is 11.5 Å². The molecule has 0 spiro atoms. The number of amides is 1. The van der Waals surface area contributed by atoms with Crippen LogP contribution in [0.3, 0.4) is 0 Å². The van der Waals surface area contributed by atoms with Gasteiger partial charge in [0.1, 0.15) is 4.32 Å². The summed E-state index contributed by atoms with van der Waals surface area (Å²) in [5.74, 6) is 1.25.